The van der Waals surface area contributed by atoms with Crippen LogP contribution in [0.25, 0.3) is 0 Å². The zero-order chi connectivity index (χ0) is 7.28. The van der Waals surface area contributed by atoms with Crippen LogP contribution in [0, 0.1) is 5.92 Å². The van der Waals surface area contributed by atoms with E-state index < -0.39 is 0 Å². The number of alkyl halides is 1. The van der Waals surface area contributed by atoms with Gasteiger partial charge in [-0.3, -0.25) is 0 Å². The summed E-state index contributed by atoms with van der Waals surface area (Å²) >= 11 is 3.38. The maximum absolute atomic E-state index is 5.16. The Bertz CT molecular complexity index is 59.9. The molecule has 0 amide bonds. The van der Waals surface area contributed by atoms with Gasteiger partial charge in [-0.2, -0.15) is 0 Å². The van der Waals surface area contributed by atoms with Crippen molar-refractivity contribution in [1.82, 2.24) is 0 Å². The molecule has 0 saturated heterocycles. The Morgan fingerprint density at radius 3 is 2.11 bits per heavy atom. The predicted octanol–water partition coefficient (Wildman–Crippen LogP) is 2.44. The average molecular weight is 195 g/mol. The van der Waals surface area contributed by atoms with Gasteiger partial charge in [0.2, 0.25) is 0 Å². The molecule has 0 rings (SSSR count). The lowest BCUT2D eigenvalue weighted by molar-refractivity contribution is 0.104. The zero-order valence-corrected chi connectivity index (χ0v) is 7.94. The Labute approximate surface area is 65.9 Å². The molecule has 0 aromatic heterocycles. The molecule has 0 bridgehead atoms. The second-order valence-electron chi connectivity index (χ2n) is 2.64. The molecule has 1 nitrogen and oxygen atoms in total. The van der Waals surface area contributed by atoms with Crippen molar-refractivity contribution >= 4 is 15.9 Å². The molecule has 0 heterocycles. The van der Waals surface area contributed by atoms with E-state index in [9.17, 15) is 0 Å². The van der Waals surface area contributed by atoms with Crippen LogP contribution in [0.5, 0.6) is 0 Å². The molecule has 0 N–H and O–H groups in total. The van der Waals surface area contributed by atoms with Gasteiger partial charge in [-0.1, -0.05) is 29.8 Å². The van der Waals surface area contributed by atoms with Gasteiger partial charge in [-0.25, -0.2) is 0 Å². The number of halogens is 1. The normalized spacial score (nSPS) is 14.3. The van der Waals surface area contributed by atoms with Gasteiger partial charge >= 0.3 is 0 Å². The van der Waals surface area contributed by atoms with Crippen LogP contribution >= 0.6 is 15.9 Å². The highest BCUT2D eigenvalue weighted by Gasteiger charge is 2.06. The lowest BCUT2D eigenvalue weighted by Gasteiger charge is -2.13. The summed E-state index contributed by atoms with van der Waals surface area (Å²) in [7, 11) is 1.76. The summed E-state index contributed by atoms with van der Waals surface area (Å²) < 4.78 is 5.16. The van der Waals surface area contributed by atoms with E-state index in [2.05, 4.69) is 29.8 Å². The second-order valence-corrected chi connectivity index (χ2v) is 3.29. The molecule has 0 aliphatic carbocycles. The highest BCUT2D eigenvalue weighted by atomic mass is 79.9. The molecule has 1 atom stereocenters. The second kappa shape index (κ2) is 5.24. The van der Waals surface area contributed by atoms with Crippen LogP contribution in [0.4, 0.5) is 0 Å². The van der Waals surface area contributed by atoms with E-state index in [0.29, 0.717) is 6.10 Å². The lowest BCUT2D eigenvalue weighted by Crippen LogP contribution is -2.14. The molecule has 0 saturated carbocycles. The number of hydrogen-bond donors (Lipinski definition) is 0. The smallest absolute Gasteiger partial charge is 0.0670 e. The molecular formula is C7H15BrO. The van der Waals surface area contributed by atoms with Gasteiger partial charge in [-0.15, -0.1) is 0 Å². The minimum atomic E-state index is 0.394. The van der Waals surface area contributed by atoms with Crippen LogP contribution in [-0.4, -0.2) is 18.5 Å². The largest absolute Gasteiger partial charge is 0.381 e. The van der Waals surface area contributed by atoms with E-state index in [1.165, 1.54) is 0 Å². The third-order valence-corrected chi connectivity index (χ3v) is 1.96. The van der Waals surface area contributed by atoms with E-state index >= 15 is 0 Å². The summed E-state index contributed by atoms with van der Waals surface area (Å²) in [5, 5.41) is 0.946. The van der Waals surface area contributed by atoms with Crippen molar-refractivity contribution in [2.75, 3.05) is 12.4 Å². The van der Waals surface area contributed by atoms with Crippen LogP contribution in [-0.2, 0) is 4.74 Å². The van der Waals surface area contributed by atoms with Gasteiger partial charge in [0.1, 0.15) is 0 Å². The minimum Gasteiger partial charge on any atom is -0.381 e. The van der Waals surface area contributed by atoms with Crippen molar-refractivity contribution in [2.45, 2.75) is 26.4 Å². The molecule has 0 aromatic carbocycles. The minimum absolute atomic E-state index is 0.394. The fourth-order valence-electron chi connectivity index (χ4n) is 0.748. The van der Waals surface area contributed by atoms with E-state index in [0.717, 1.165) is 17.7 Å². The zero-order valence-electron chi connectivity index (χ0n) is 6.36. The lowest BCUT2D eigenvalue weighted by atomic mass is 10.1. The fourth-order valence-corrected chi connectivity index (χ4v) is 1.28. The molecule has 0 radical (unpaired) electrons. The third kappa shape index (κ3) is 4.91. The van der Waals surface area contributed by atoms with Crippen molar-refractivity contribution in [1.29, 1.82) is 0 Å². The van der Waals surface area contributed by atoms with Gasteiger partial charge in [0.15, 0.2) is 0 Å². The molecule has 0 fully saturated rings. The summed E-state index contributed by atoms with van der Waals surface area (Å²) in [5.74, 6) is 0.729. The molecule has 0 unspecified atom stereocenters. The first-order chi connectivity index (χ1) is 4.20. The SMILES string of the molecule is CO[C@@H](CBr)CC(C)C. The van der Waals surface area contributed by atoms with Gasteiger partial charge in [0, 0.05) is 12.4 Å². The van der Waals surface area contributed by atoms with Gasteiger partial charge in [-0.05, 0) is 12.3 Å². The Morgan fingerprint density at radius 2 is 2.00 bits per heavy atom. The standard InChI is InChI=1S/C7H15BrO/c1-6(2)4-7(5-8)9-3/h6-7H,4-5H2,1-3H3/t7-/m1/s1. The predicted molar refractivity (Wildman–Crippen MR) is 44.0 cm³/mol. The highest BCUT2D eigenvalue weighted by molar-refractivity contribution is 9.09. The maximum atomic E-state index is 5.16. The molecule has 2 heteroatoms. The van der Waals surface area contributed by atoms with E-state index in [-0.39, 0.29) is 0 Å². The van der Waals surface area contributed by atoms with E-state index in [1.807, 2.05) is 0 Å². The van der Waals surface area contributed by atoms with Crippen molar-refractivity contribution in [2.24, 2.45) is 5.92 Å². The first kappa shape index (κ1) is 9.44. The van der Waals surface area contributed by atoms with Crippen molar-refractivity contribution in [3.05, 3.63) is 0 Å². The van der Waals surface area contributed by atoms with E-state index in [1.54, 1.807) is 7.11 Å². The van der Waals surface area contributed by atoms with Crippen LogP contribution in [0.15, 0.2) is 0 Å². The Balaban J connectivity index is 3.31. The summed E-state index contributed by atoms with van der Waals surface area (Å²) in [6.45, 7) is 4.41. The Kier molecular flexibility index (Phi) is 5.50. The van der Waals surface area contributed by atoms with Crippen LogP contribution in [0.2, 0.25) is 0 Å². The van der Waals surface area contributed by atoms with Gasteiger partial charge in [0.05, 0.1) is 6.10 Å². The number of rotatable bonds is 4. The Hall–Kier alpha value is 0.440. The number of ether oxygens (including phenoxy) is 1. The summed E-state index contributed by atoms with van der Waals surface area (Å²) in [6, 6.07) is 0. The molecular weight excluding hydrogens is 180 g/mol. The molecule has 0 aliphatic rings. The highest BCUT2D eigenvalue weighted by Crippen LogP contribution is 2.08. The summed E-state index contributed by atoms with van der Waals surface area (Å²) in [6.07, 6.45) is 1.53. The number of methoxy groups -OCH3 is 1. The molecule has 0 aromatic rings. The quantitative estimate of drug-likeness (QED) is 0.626. The van der Waals surface area contributed by atoms with Crippen LogP contribution < -0.4 is 0 Å². The van der Waals surface area contributed by atoms with Gasteiger partial charge < -0.3 is 4.74 Å². The van der Waals surface area contributed by atoms with Crippen molar-refractivity contribution < 1.29 is 4.74 Å². The topological polar surface area (TPSA) is 9.23 Å². The average Bonchev–Trinajstić information content (AvgIpc) is 1.82. The van der Waals surface area contributed by atoms with Crippen molar-refractivity contribution in [3.8, 4) is 0 Å². The molecule has 0 spiro atoms. The first-order valence-corrected chi connectivity index (χ1v) is 4.41. The monoisotopic (exact) mass is 194 g/mol. The summed E-state index contributed by atoms with van der Waals surface area (Å²) in [4.78, 5) is 0. The van der Waals surface area contributed by atoms with Crippen LogP contribution in [0.3, 0.4) is 0 Å². The van der Waals surface area contributed by atoms with Gasteiger partial charge in [0.25, 0.3) is 0 Å². The first-order valence-electron chi connectivity index (χ1n) is 3.29. The Morgan fingerprint density at radius 1 is 1.44 bits per heavy atom. The third-order valence-electron chi connectivity index (χ3n) is 1.24. The molecule has 0 aliphatic heterocycles. The fraction of sp³-hybridized carbons (Fsp3) is 1.00. The number of hydrogen-bond acceptors (Lipinski definition) is 1. The molecule has 56 valence electrons. The van der Waals surface area contributed by atoms with E-state index in [4.69, 9.17) is 4.74 Å². The molecule has 9 heavy (non-hydrogen) atoms. The van der Waals surface area contributed by atoms with Crippen molar-refractivity contribution in [3.63, 3.8) is 0 Å². The van der Waals surface area contributed by atoms with Crippen LogP contribution in [0.1, 0.15) is 20.3 Å². The maximum Gasteiger partial charge on any atom is 0.0670 e. The summed E-state index contributed by atoms with van der Waals surface area (Å²) in [5.41, 5.74) is 0.